The molecule has 0 aliphatic carbocycles. The highest BCUT2D eigenvalue weighted by Crippen LogP contribution is 2.32. The topological polar surface area (TPSA) is 76.7 Å². The van der Waals surface area contributed by atoms with Gasteiger partial charge in [-0.05, 0) is 43.2 Å². The molecule has 0 spiro atoms. The third-order valence-corrected chi connectivity index (χ3v) is 4.02. The van der Waals surface area contributed by atoms with E-state index in [1.807, 2.05) is 43.3 Å². The van der Waals surface area contributed by atoms with E-state index in [4.69, 9.17) is 9.47 Å². The van der Waals surface area contributed by atoms with Crippen LogP contribution in [0.2, 0.25) is 0 Å². The molecule has 1 aliphatic heterocycles. The van der Waals surface area contributed by atoms with Crippen LogP contribution in [0.3, 0.4) is 0 Å². The summed E-state index contributed by atoms with van der Waals surface area (Å²) in [7, 11) is 0. The van der Waals surface area contributed by atoms with Crippen molar-refractivity contribution in [3.05, 3.63) is 48.0 Å². The van der Waals surface area contributed by atoms with E-state index in [0.717, 1.165) is 11.3 Å². The lowest BCUT2D eigenvalue weighted by molar-refractivity contribution is -0.117. The van der Waals surface area contributed by atoms with Crippen molar-refractivity contribution in [2.24, 2.45) is 0 Å². The largest absolute Gasteiger partial charge is 0.486 e. The summed E-state index contributed by atoms with van der Waals surface area (Å²) in [5.41, 5.74) is 2.18. The van der Waals surface area contributed by atoms with Crippen LogP contribution < -0.4 is 20.1 Å². The molecule has 0 radical (unpaired) electrons. The summed E-state index contributed by atoms with van der Waals surface area (Å²) in [5.74, 6) is 1.11. The summed E-state index contributed by atoms with van der Waals surface area (Å²) in [6.07, 6.45) is 0.674. The number of rotatable bonds is 5. The first kappa shape index (κ1) is 17.8. The molecule has 0 saturated carbocycles. The maximum Gasteiger partial charge on any atom is 0.224 e. The summed E-state index contributed by atoms with van der Waals surface area (Å²) < 4.78 is 11.5. The Kier molecular flexibility index (Phi) is 5.41. The van der Waals surface area contributed by atoms with Crippen molar-refractivity contribution in [2.45, 2.75) is 32.8 Å². The molecule has 1 atom stereocenters. The third kappa shape index (κ3) is 4.53. The Balaban J connectivity index is 1.57. The number of hydrogen-bond donors (Lipinski definition) is 2. The van der Waals surface area contributed by atoms with Gasteiger partial charge in [0.1, 0.15) is 12.7 Å². The number of hydrogen-bond acceptors (Lipinski definition) is 4. The molecule has 0 bridgehead atoms. The fourth-order valence-electron chi connectivity index (χ4n) is 2.77. The SMILES string of the molecule is CC(=O)Nc1ccc(C)cc1NC(=O)CC[C@@H]1COc2ccccc2O1. The minimum atomic E-state index is -0.184. The second-order valence-electron chi connectivity index (χ2n) is 6.31. The Morgan fingerprint density at radius 2 is 1.85 bits per heavy atom. The summed E-state index contributed by atoms with van der Waals surface area (Å²) in [6, 6.07) is 13.0. The van der Waals surface area contributed by atoms with Gasteiger partial charge in [0, 0.05) is 13.3 Å². The van der Waals surface area contributed by atoms with E-state index in [1.54, 1.807) is 6.07 Å². The molecule has 2 N–H and O–H groups in total. The summed E-state index contributed by atoms with van der Waals surface area (Å²) in [4.78, 5) is 23.6. The molecular formula is C20H22N2O4. The van der Waals surface area contributed by atoms with Crippen LogP contribution in [0.5, 0.6) is 11.5 Å². The number of ether oxygens (including phenoxy) is 2. The first-order valence-corrected chi connectivity index (χ1v) is 8.58. The molecule has 3 rings (SSSR count). The monoisotopic (exact) mass is 354 g/mol. The minimum Gasteiger partial charge on any atom is -0.486 e. The zero-order valence-corrected chi connectivity index (χ0v) is 14.9. The van der Waals surface area contributed by atoms with E-state index >= 15 is 0 Å². The molecule has 0 saturated heterocycles. The number of carbonyl (C=O) groups is 2. The first-order valence-electron chi connectivity index (χ1n) is 8.58. The summed E-state index contributed by atoms with van der Waals surface area (Å²) in [5, 5.41) is 5.59. The first-order chi connectivity index (χ1) is 12.5. The molecule has 1 heterocycles. The zero-order valence-electron chi connectivity index (χ0n) is 14.9. The number of nitrogens with one attached hydrogen (secondary N) is 2. The second kappa shape index (κ2) is 7.91. The highest BCUT2D eigenvalue weighted by molar-refractivity contribution is 5.99. The number of fused-ring (bicyclic) bond motifs is 1. The number of amides is 2. The molecule has 0 fully saturated rings. The van der Waals surface area contributed by atoms with Gasteiger partial charge in [-0.15, -0.1) is 0 Å². The van der Waals surface area contributed by atoms with Gasteiger partial charge in [-0.2, -0.15) is 0 Å². The van der Waals surface area contributed by atoms with Gasteiger partial charge in [0.2, 0.25) is 11.8 Å². The van der Waals surface area contributed by atoms with Gasteiger partial charge in [-0.3, -0.25) is 9.59 Å². The van der Waals surface area contributed by atoms with Gasteiger partial charge in [-0.25, -0.2) is 0 Å². The molecule has 0 aromatic heterocycles. The Bertz CT molecular complexity index is 819. The van der Waals surface area contributed by atoms with Crippen molar-refractivity contribution >= 4 is 23.2 Å². The standard InChI is InChI=1S/C20H22N2O4/c1-13-7-9-16(21-14(2)23)17(11-13)22-20(24)10-8-15-12-25-18-5-3-4-6-19(18)26-15/h3-7,9,11,15H,8,10,12H2,1-2H3,(H,21,23)(H,22,24)/t15-/m1/s1. The zero-order chi connectivity index (χ0) is 18.5. The maximum absolute atomic E-state index is 12.3. The molecule has 2 aromatic rings. The lowest BCUT2D eigenvalue weighted by Gasteiger charge is -2.26. The van der Waals surface area contributed by atoms with Crippen molar-refractivity contribution in [3.63, 3.8) is 0 Å². The lowest BCUT2D eigenvalue weighted by atomic mass is 10.1. The van der Waals surface area contributed by atoms with E-state index in [9.17, 15) is 9.59 Å². The van der Waals surface area contributed by atoms with Gasteiger partial charge in [0.05, 0.1) is 11.4 Å². The molecule has 6 heteroatoms. The number of carbonyl (C=O) groups excluding carboxylic acids is 2. The average molecular weight is 354 g/mol. The highest BCUT2D eigenvalue weighted by atomic mass is 16.6. The highest BCUT2D eigenvalue weighted by Gasteiger charge is 2.21. The van der Waals surface area contributed by atoms with Gasteiger partial charge in [0.15, 0.2) is 11.5 Å². The van der Waals surface area contributed by atoms with Crippen LogP contribution in [0.1, 0.15) is 25.3 Å². The molecule has 2 amide bonds. The third-order valence-electron chi connectivity index (χ3n) is 4.02. The molecule has 2 aromatic carbocycles. The van der Waals surface area contributed by atoms with Gasteiger partial charge in [0.25, 0.3) is 0 Å². The lowest BCUT2D eigenvalue weighted by Crippen LogP contribution is -2.30. The number of aryl methyl sites for hydroxylation is 1. The molecule has 1 aliphatic rings. The van der Waals surface area contributed by atoms with Crippen molar-refractivity contribution in [3.8, 4) is 11.5 Å². The minimum absolute atomic E-state index is 0.135. The van der Waals surface area contributed by atoms with E-state index in [1.165, 1.54) is 6.92 Å². The number of benzene rings is 2. The number of para-hydroxylation sites is 2. The molecule has 0 unspecified atom stereocenters. The van der Waals surface area contributed by atoms with Crippen molar-refractivity contribution in [1.82, 2.24) is 0 Å². The fourth-order valence-corrected chi connectivity index (χ4v) is 2.77. The van der Waals surface area contributed by atoms with Crippen LogP contribution in [0.4, 0.5) is 11.4 Å². The van der Waals surface area contributed by atoms with Crippen LogP contribution in [-0.2, 0) is 9.59 Å². The quantitative estimate of drug-likeness (QED) is 0.861. The van der Waals surface area contributed by atoms with Crippen LogP contribution in [0.25, 0.3) is 0 Å². The normalized spacial score (nSPS) is 15.2. The number of anilines is 2. The van der Waals surface area contributed by atoms with Crippen molar-refractivity contribution in [1.29, 1.82) is 0 Å². The van der Waals surface area contributed by atoms with E-state index < -0.39 is 0 Å². The van der Waals surface area contributed by atoms with Crippen LogP contribution >= 0.6 is 0 Å². The Morgan fingerprint density at radius 1 is 1.08 bits per heavy atom. The van der Waals surface area contributed by atoms with Gasteiger partial charge < -0.3 is 20.1 Å². The summed E-state index contributed by atoms with van der Waals surface area (Å²) >= 11 is 0. The smallest absolute Gasteiger partial charge is 0.224 e. The predicted octanol–water partition coefficient (Wildman–Crippen LogP) is 3.51. The second-order valence-corrected chi connectivity index (χ2v) is 6.31. The Hall–Kier alpha value is -3.02. The van der Waals surface area contributed by atoms with E-state index in [-0.39, 0.29) is 17.9 Å². The molecule has 136 valence electrons. The van der Waals surface area contributed by atoms with Crippen LogP contribution in [0.15, 0.2) is 42.5 Å². The molecule has 26 heavy (non-hydrogen) atoms. The van der Waals surface area contributed by atoms with Gasteiger partial charge >= 0.3 is 0 Å². The maximum atomic E-state index is 12.3. The van der Waals surface area contributed by atoms with Crippen molar-refractivity contribution in [2.75, 3.05) is 17.2 Å². The molecular weight excluding hydrogens is 332 g/mol. The summed E-state index contributed by atoms with van der Waals surface area (Å²) in [6.45, 7) is 3.79. The van der Waals surface area contributed by atoms with Crippen LogP contribution in [-0.4, -0.2) is 24.5 Å². The Morgan fingerprint density at radius 3 is 2.62 bits per heavy atom. The fraction of sp³-hybridized carbons (Fsp3) is 0.300. The molecule has 6 nitrogen and oxygen atoms in total. The average Bonchev–Trinajstić information content (AvgIpc) is 2.62. The van der Waals surface area contributed by atoms with Crippen LogP contribution in [0, 0.1) is 6.92 Å². The van der Waals surface area contributed by atoms with E-state index in [2.05, 4.69) is 10.6 Å². The van der Waals surface area contributed by atoms with Gasteiger partial charge in [-0.1, -0.05) is 18.2 Å². The van der Waals surface area contributed by atoms with Crippen molar-refractivity contribution < 1.29 is 19.1 Å². The Labute approximate surface area is 152 Å². The van der Waals surface area contributed by atoms with E-state index in [0.29, 0.717) is 36.6 Å². The predicted molar refractivity (Wildman–Crippen MR) is 99.7 cm³/mol.